The lowest BCUT2D eigenvalue weighted by Gasteiger charge is -2.19. The van der Waals surface area contributed by atoms with E-state index in [9.17, 15) is 9.18 Å². The minimum atomic E-state index is -0.494. The van der Waals surface area contributed by atoms with Gasteiger partial charge in [-0.1, -0.05) is 0 Å². The summed E-state index contributed by atoms with van der Waals surface area (Å²) in [7, 11) is 0. The van der Waals surface area contributed by atoms with Crippen molar-refractivity contribution < 1.29 is 9.18 Å². The van der Waals surface area contributed by atoms with E-state index < -0.39 is 5.82 Å². The van der Waals surface area contributed by atoms with Crippen LogP contribution in [0.15, 0.2) is 18.2 Å². The Balaban J connectivity index is 2.66. The number of benzene rings is 1. The molecule has 0 aromatic heterocycles. The van der Waals surface area contributed by atoms with Gasteiger partial charge in [0.1, 0.15) is 5.82 Å². The fraction of sp³-hybridized carbons (Fsp3) is 0.385. The van der Waals surface area contributed by atoms with Gasteiger partial charge in [-0.3, -0.25) is 4.79 Å². The molecule has 0 saturated heterocycles. The molecular weight excluding hydrogens is 233 g/mol. The van der Waals surface area contributed by atoms with Crippen LogP contribution in [0.4, 0.5) is 10.1 Å². The molecule has 0 spiro atoms. The van der Waals surface area contributed by atoms with Gasteiger partial charge in [0.25, 0.3) is 0 Å². The van der Waals surface area contributed by atoms with Crippen LogP contribution in [0.1, 0.15) is 19.4 Å². The van der Waals surface area contributed by atoms with E-state index in [1.165, 1.54) is 12.1 Å². The van der Waals surface area contributed by atoms with Crippen LogP contribution >= 0.6 is 0 Å². The quantitative estimate of drug-likeness (QED) is 0.868. The molecule has 0 bridgehead atoms. The first-order chi connectivity index (χ1) is 8.60. The average Bonchev–Trinajstić information content (AvgIpc) is 2.37. The molecule has 0 fully saturated rings. The zero-order valence-corrected chi connectivity index (χ0v) is 10.5. The number of nitriles is 1. The second-order valence-corrected chi connectivity index (χ2v) is 3.76. The van der Waals surface area contributed by atoms with Crippen LogP contribution in [0, 0.1) is 17.1 Å². The first kappa shape index (κ1) is 14.0. The topological polar surface area (TPSA) is 56.1 Å². The SMILES string of the molecule is CCN(CC)C(=O)CNc1cc(F)cc(C#N)c1. The van der Waals surface area contributed by atoms with Crippen molar-refractivity contribution in [1.29, 1.82) is 5.26 Å². The van der Waals surface area contributed by atoms with Gasteiger partial charge in [-0.25, -0.2) is 4.39 Å². The predicted octanol–water partition coefficient (Wildman–Crippen LogP) is 1.98. The van der Waals surface area contributed by atoms with Crippen LogP contribution in [-0.2, 0) is 4.79 Å². The van der Waals surface area contributed by atoms with Crippen molar-refractivity contribution in [3.05, 3.63) is 29.6 Å². The highest BCUT2D eigenvalue weighted by Gasteiger charge is 2.09. The van der Waals surface area contributed by atoms with Crippen molar-refractivity contribution in [3.8, 4) is 6.07 Å². The third-order valence-electron chi connectivity index (χ3n) is 2.59. The summed E-state index contributed by atoms with van der Waals surface area (Å²) in [6.07, 6.45) is 0. The second kappa shape index (κ2) is 6.60. The molecule has 1 aromatic carbocycles. The number of hydrogen-bond acceptors (Lipinski definition) is 3. The third-order valence-corrected chi connectivity index (χ3v) is 2.59. The molecule has 0 atom stereocenters. The minimum absolute atomic E-state index is 0.0530. The van der Waals surface area contributed by atoms with Gasteiger partial charge in [0.2, 0.25) is 5.91 Å². The summed E-state index contributed by atoms with van der Waals surface area (Å²) in [5.74, 6) is -0.547. The van der Waals surface area contributed by atoms with Crippen molar-refractivity contribution in [2.24, 2.45) is 0 Å². The zero-order chi connectivity index (χ0) is 13.5. The van der Waals surface area contributed by atoms with E-state index in [0.717, 1.165) is 6.07 Å². The number of nitrogens with zero attached hydrogens (tertiary/aromatic N) is 2. The maximum absolute atomic E-state index is 13.1. The third kappa shape index (κ3) is 3.74. The highest BCUT2D eigenvalue weighted by molar-refractivity contribution is 5.80. The molecule has 96 valence electrons. The van der Waals surface area contributed by atoms with Crippen LogP contribution < -0.4 is 5.32 Å². The molecule has 4 nitrogen and oxygen atoms in total. The highest BCUT2D eigenvalue weighted by atomic mass is 19.1. The van der Waals surface area contributed by atoms with E-state index in [-0.39, 0.29) is 18.0 Å². The number of rotatable bonds is 5. The van der Waals surface area contributed by atoms with Crippen LogP contribution in [0.2, 0.25) is 0 Å². The molecule has 0 aliphatic heterocycles. The highest BCUT2D eigenvalue weighted by Crippen LogP contribution is 2.13. The summed E-state index contributed by atoms with van der Waals surface area (Å²) in [4.78, 5) is 13.4. The molecule has 5 heteroatoms. The summed E-state index contributed by atoms with van der Waals surface area (Å²) >= 11 is 0. The van der Waals surface area contributed by atoms with E-state index in [1.54, 1.807) is 4.90 Å². The van der Waals surface area contributed by atoms with Crippen LogP contribution in [0.25, 0.3) is 0 Å². The maximum Gasteiger partial charge on any atom is 0.241 e. The Labute approximate surface area is 106 Å². The number of carbonyl (C=O) groups excluding carboxylic acids is 1. The van der Waals surface area contributed by atoms with E-state index in [4.69, 9.17) is 5.26 Å². The van der Waals surface area contributed by atoms with Gasteiger partial charge < -0.3 is 10.2 Å². The average molecular weight is 249 g/mol. The van der Waals surface area contributed by atoms with Gasteiger partial charge in [0.15, 0.2) is 0 Å². The van der Waals surface area contributed by atoms with Gasteiger partial charge in [-0.15, -0.1) is 0 Å². The van der Waals surface area contributed by atoms with Gasteiger partial charge in [0.05, 0.1) is 18.2 Å². The normalized spacial score (nSPS) is 9.67. The molecule has 1 rings (SSSR count). The van der Waals surface area contributed by atoms with E-state index in [0.29, 0.717) is 18.8 Å². The van der Waals surface area contributed by atoms with E-state index in [1.807, 2.05) is 19.9 Å². The summed E-state index contributed by atoms with van der Waals surface area (Å²) in [6.45, 7) is 5.18. The van der Waals surface area contributed by atoms with E-state index >= 15 is 0 Å². The molecule has 1 amide bonds. The lowest BCUT2D eigenvalue weighted by molar-refractivity contribution is -0.128. The Morgan fingerprint density at radius 3 is 2.61 bits per heavy atom. The first-order valence-corrected chi connectivity index (χ1v) is 5.83. The maximum atomic E-state index is 13.1. The molecule has 0 aliphatic rings. The Bertz CT molecular complexity index is 464. The lowest BCUT2D eigenvalue weighted by Crippen LogP contribution is -2.35. The minimum Gasteiger partial charge on any atom is -0.376 e. The molecule has 1 aromatic rings. The fourth-order valence-electron chi connectivity index (χ4n) is 1.62. The van der Waals surface area contributed by atoms with Crippen LogP contribution in [0.3, 0.4) is 0 Å². The number of hydrogen-bond donors (Lipinski definition) is 1. The van der Waals surface area contributed by atoms with Crippen molar-refractivity contribution in [3.63, 3.8) is 0 Å². The van der Waals surface area contributed by atoms with Gasteiger partial charge in [0, 0.05) is 18.8 Å². The predicted molar refractivity (Wildman–Crippen MR) is 67.5 cm³/mol. The van der Waals surface area contributed by atoms with Gasteiger partial charge in [-0.2, -0.15) is 5.26 Å². The fourth-order valence-corrected chi connectivity index (χ4v) is 1.62. The summed E-state index contributed by atoms with van der Waals surface area (Å²) < 4.78 is 13.1. The van der Waals surface area contributed by atoms with Crippen LogP contribution in [-0.4, -0.2) is 30.4 Å². The standard InChI is InChI=1S/C13H16FN3O/c1-3-17(4-2)13(18)9-16-12-6-10(8-15)5-11(14)7-12/h5-7,16H,3-4,9H2,1-2H3. The molecule has 0 aliphatic carbocycles. The number of nitrogens with one attached hydrogen (secondary N) is 1. The number of likely N-dealkylation sites (N-methyl/N-ethyl adjacent to an activating group) is 1. The second-order valence-electron chi connectivity index (χ2n) is 3.76. The van der Waals surface area contributed by atoms with Crippen molar-refractivity contribution in [1.82, 2.24) is 4.90 Å². The Kier molecular flexibility index (Phi) is 5.12. The summed E-state index contributed by atoms with van der Waals surface area (Å²) in [5, 5.41) is 11.5. The molecule has 1 N–H and O–H groups in total. The number of carbonyl (C=O) groups is 1. The van der Waals surface area contributed by atoms with E-state index in [2.05, 4.69) is 5.32 Å². The first-order valence-electron chi connectivity index (χ1n) is 5.83. The number of anilines is 1. The number of amides is 1. The molecular formula is C13H16FN3O. The van der Waals surface area contributed by atoms with Gasteiger partial charge >= 0.3 is 0 Å². The monoisotopic (exact) mass is 249 g/mol. The van der Waals surface area contributed by atoms with Crippen molar-refractivity contribution >= 4 is 11.6 Å². The largest absolute Gasteiger partial charge is 0.376 e. The Morgan fingerprint density at radius 1 is 1.39 bits per heavy atom. The number of halogens is 1. The van der Waals surface area contributed by atoms with Crippen molar-refractivity contribution in [2.75, 3.05) is 25.0 Å². The van der Waals surface area contributed by atoms with Crippen molar-refractivity contribution in [2.45, 2.75) is 13.8 Å². The molecule has 0 unspecified atom stereocenters. The van der Waals surface area contributed by atoms with Gasteiger partial charge in [-0.05, 0) is 32.0 Å². The Morgan fingerprint density at radius 2 is 2.06 bits per heavy atom. The molecule has 0 heterocycles. The zero-order valence-electron chi connectivity index (χ0n) is 10.5. The Hall–Kier alpha value is -2.09. The molecule has 0 radical (unpaired) electrons. The summed E-state index contributed by atoms with van der Waals surface area (Å²) in [6, 6.07) is 5.79. The lowest BCUT2D eigenvalue weighted by atomic mass is 10.2. The smallest absolute Gasteiger partial charge is 0.241 e. The van der Waals surface area contributed by atoms with Crippen LogP contribution in [0.5, 0.6) is 0 Å². The molecule has 0 saturated carbocycles. The molecule has 18 heavy (non-hydrogen) atoms. The summed E-state index contributed by atoms with van der Waals surface area (Å²) in [5.41, 5.74) is 0.667.